The van der Waals surface area contributed by atoms with Gasteiger partial charge in [-0.3, -0.25) is 9.59 Å². The van der Waals surface area contributed by atoms with Gasteiger partial charge in [0.25, 0.3) is 5.91 Å². The summed E-state index contributed by atoms with van der Waals surface area (Å²) < 4.78 is 6.32. The molecule has 0 radical (unpaired) electrons. The van der Waals surface area contributed by atoms with Crippen molar-refractivity contribution in [2.75, 3.05) is 5.32 Å². The molecule has 1 heterocycles. The van der Waals surface area contributed by atoms with Crippen LogP contribution in [0.15, 0.2) is 62.2 Å². The predicted molar refractivity (Wildman–Crippen MR) is 89.3 cm³/mol. The van der Waals surface area contributed by atoms with Crippen LogP contribution in [-0.4, -0.2) is 5.91 Å². The largest absolute Gasteiger partial charge is 0.451 e. The molecule has 3 aromatic rings. The maximum atomic E-state index is 12.3. The summed E-state index contributed by atoms with van der Waals surface area (Å²) in [5.41, 5.74) is 1.74. The van der Waals surface area contributed by atoms with Crippen LogP contribution in [-0.2, 0) is 0 Å². The molecular weight excluding hydrogens is 346 g/mol. The molecule has 0 saturated heterocycles. The Morgan fingerprint density at radius 2 is 1.91 bits per heavy atom. The van der Waals surface area contributed by atoms with Gasteiger partial charge in [-0.25, -0.2) is 0 Å². The molecule has 0 aliphatic rings. The summed E-state index contributed by atoms with van der Waals surface area (Å²) in [5, 5.41) is 3.18. The van der Waals surface area contributed by atoms with E-state index in [2.05, 4.69) is 21.2 Å². The Bertz CT molecular complexity index is 931. The topological polar surface area (TPSA) is 59.3 Å². The first kappa shape index (κ1) is 14.5. The second kappa shape index (κ2) is 5.77. The Hall–Kier alpha value is -2.40. The zero-order valence-corrected chi connectivity index (χ0v) is 13.3. The second-order valence-electron chi connectivity index (χ2n) is 4.91. The number of halogens is 1. The Morgan fingerprint density at radius 3 is 2.68 bits per heavy atom. The van der Waals surface area contributed by atoms with E-state index in [0.29, 0.717) is 16.7 Å². The third-order valence-electron chi connectivity index (χ3n) is 3.23. The van der Waals surface area contributed by atoms with Crippen LogP contribution in [0.25, 0.3) is 11.0 Å². The molecule has 0 spiro atoms. The van der Waals surface area contributed by atoms with Gasteiger partial charge in [-0.05, 0) is 52.7 Å². The summed E-state index contributed by atoms with van der Waals surface area (Å²) >= 11 is 3.35. The lowest BCUT2D eigenvalue weighted by molar-refractivity contribution is 0.0997. The summed E-state index contributed by atoms with van der Waals surface area (Å²) in [7, 11) is 0. The molecular formula is C17H12BrNO3. The molecule has 0 aliphatic carbocycles. The zero-order chi connectivity index (χ0) is 15.7. The quantitative estimate of drug-likeness (QED) is 0.750. The lowest BCUT2D eigenvalue weighted by Crippen LogP contribution is -2.15. The van der Waals surface area contributed by atoms with E-state index in [1.165, 1.54) is 6.07 Å². The number of fused-ring (bicyclic) bond motifs is 1. The number of para-hydroxylation sites is 1. The van der Waals surface area contributed by atoms with Gasteiger partial charge in [0.15, 0.2) is 11.2 Å². The fraction of sp³-hybridized carbons (Fsp3) is 0.0588. The number of nitrogens with one attached hydrogen (secondary N) is 1. The maximum absolute atomic E-state index is 12.3. The average molecular weight is 358 g/mol. The number of amides is 1. The highest BCUT2D eigenvalue weighted by molar-refractivity contribution is 9.10. The molecule has 110 valence electrons. The number of carbonyl (C=O) groups is 1. The first-order valence-corrected chi connectivity index (χ1v) is 7.44. The summed E-state index contributed by atoms with van der Waals surface area (Å²) in [4.78, 5) is 24.4. The lowest BCUT2D eigenvalue weighted by atomic mass is 10.1. The van der Waals surface area contributed by atoms with Crippen LogP contribution in [0.1, 0.15) is 16.1 Å². The van der Waals surface area contributed by atoms with Gasteiger partial charge in [0.2, 0.25) is 0 Å². The fourth-order valence-corrected chi connectivity index (χ4v) is 2.50. The van der Waals surface area contributed by atoms with Crippen LogP contribution in [0.2, 0.25) is 0 Å². The molecule has 4 nitrogen and oxygen atoms in total. The highest BCUT2D eigenvalue weighted by Crippen LogP contribution is 2.22. The number of benzene rings is 2. The van der Waals surface area contributed by atoms with Crippen molar-refractivity contribution in [3.8, 4) is 0 Å². The Labute approximate surface area is 134 Å². The smallest absolute Gasteiger partial charge is 0.291 e. The molecule has 0 unspecified atom stereocenters. The lowest BCUT2D eigenvalue weighted by Gasteiger charge is -2.07. The van der Waals surface area contributed by atoms with Crippen LogP contribution in [0.5, 0.6) is 0 Å². The van der Waals surface area contributed by atoms with E-state index in [9.17, 15) is 9.59 Å². The van der Waals surface area contributed by atoms with Gasteiger partial charge in [-0.2, -0.15) is 0 Å². The zero-order valence-electron chi connectivity index (χ0n) is 11.7. The highest BCUT2D eigenvalue weighted by Gasteiger charge is 2.13. The number of anilines is 1. The van der Waals surface area contributed by atoms with Gasteiger partial charge >= 0.3 is 0 Å². The molecule has 22 heavy (non-hydrogen) atoms. The van der Waals surface area contributed by atoms with Crippen molar-refractivity contribution in [1.29, 1.82) is 0 Å². The summed E-state index contributed by atoms with van der Waals surface area (Å²) in [6.07, 6.45) is 0. The minimum atomic E-state index is -0.465. The molecule has 0 bridgehead atoms. The van der Waals surface area contributed by atoms with E-state index >= 15 is 0 Å². The van der Waals surface area contributed by atoms with Crippen LogP contribution < -0.4 is 10.7 Å². The molecule has 2 aromatic carbocycles. The number of aryl methyl sites for hydroxylation is 1. The van der Waals surface area contributed by atoms with Crippen molar-refractivity contribution in [3.05, 3.63) is 74.6 Å². The van der Waals surface area contributed by atoms with E-state index in [-0.39, 0.29) is 11.2 Å². The van der Waals surface area contributed by atoms with Gasteiger partial charge in [0.1, 0.15) is 5.58 Å². The Kier molecular flexibility index (Phi) is 3.81. The Balaban J connectivity index is 2.01. The van der Waals surface area contributed by atoms with Gasteiger partial charge in [-0.1, -0.05) is 18.2 Å². The van der Waals surface area contributed by atoms with Crippen molar-refractivity contribution >= 4 is 38.5 Å². The molecule has 1 amide bonds. The van der Waals surface area contributed by atoms with E-state index < -0.39 is 5.91 Å². The predicted octanol–water partition coefficient (Wildman–Crippen LogP) is 4.12. The first-order chi connectivity index (χ1) is 10.5. The third kappa shape index (κ3) is 2.80. The van der Waals surface area contributed by atoms with E-state index in [1.807, 2.05) is 25.1 Å². The number of carbonyl (C=O) groups excluding carboxylic acids is 1. The minimum absolute atomic E-state index is 0.0150. The molecule has 1 N–H and O–H groups in total. The van der Waals surface area contributed by atoms with Crippen molar-refractivity contribution < 1.29 is 9.21 Å². The molecule has 1 aromatic heterocycles. The van der Waals surface area contributed by atoms with Gasteiger partial charge in [0, 0.05) is 10.5 Å². The third-order valence-corrected chi connectivity index (χ3v) is 3.92. The fourth-order valence-electron chi connectivity index (χ4n) is 2.12. The van der Waals surface area contributed by atoms with E-state index in [0.717, 1.165) is 10.0 Å². The maximum Gasteiger partial charge on any atom is 0.291 e. The van der Waals surface area contributed by atoms with Crippen LogP contribution in [0.3, 0.4) is 0 Å². The first-order valence-electron chi connectivity index (χ1n) is 6.65. The normalized spacial score (nSPS) is 10.6. The number of hydrogen-bond donors (Lipinski definition) is 1. The summed E-state index contributed by atoms with van der Waals surface area (Å²) in [6.45, 7) is 1.90. The molecule has 0 saturated carbocycles. The standard InChI is InChI=1S/C17H12BrNO3/c1-10-6-7-11-14(20)9-16(22-15(11)8-10)17(21)19-13-5-3-2-4-12(13)18/h2-9H,1H3,(H,19,21). The van der Waals surface area contributed by atoms with Crippen LogP contribution in [0.4, 0.5) is 5.69 Å². The summed E-state index contributed by atoms with van der Waals surface area (Å²) in [6, 6.07) is 13.7. The van der Waals surface area contributed by atoms with Crippen molar-refractivity contribution in [2.45, 2.75) is 6.92 Å². The van der Waals surface area contributed by atoms with Gasteiger partial charge in [0.05, 0.1) is 11.1 Å². The SMILES string of the molecule is Cc1ccc2c(=O)cc(C(=O)Nc3ccccc3Br)oc2c1. The number of hydrogen-bond acceptors (Lipinski definition) is 3. The second-order valence-corrected chi connectivity index (χ2v) is 5.76. The van der Waals surface area contributed by atoms with Gasteiger partial charge in [-0.15, -0.1) is 0 Å². The van der Waals surface area contributed by atoms with E-state index in [4.69, 9.17) is 4.42 Å². The molecule has 0 fully saturated rings. The summed E-state index contributed by atoms with van der Waals surface area (Å²) in [5.74, 6) is -0.480. The monoisotopic (exact) mass is 357 g/mol. The van der Waals surface area contributed by atoms with Crippen LogP contribution >= 0.6 is 15.9 Å². The van der Waals surface area contributed by atoms with Crippen molar-refractivity contribution in [3.63, 3.8) is 0 Å². The van der Waals surface area contributed by atoms with Crippen LogP contribution in [0, 0.1) is 6.92 Å². The average Bonchev–Trinajstić information content (AvgIpc) is 2.49. The minimum Gasteiger partial charge on any atom is -0.451 e. The molecule has 0 aliphatic heterocycles. The molecule has 5 heteroatoms. The van der Waals surface area contributed by atoms with E-state index in [1.54, 1.807) is 24.3 Å². The van der Waals surface area contributed by atoms with Crippen molar-refractivity contribution in [2.24, 2.45) is 0 Å². The van der Waals surface area contributed by atoms with Gasteiger partial charge < -0.3 is 9.73 Å². The van der Waals surface area contributed by atoms with Crippen molar-refractivity contribution in [1.82, 2.24) is 0 Å². The molecule has 3 rings (SSSR count). The molecule has 0 atom stereocenters. The Morgan fingerprint density at radius 1 is 1.14 bits per heavy atom. The highest BCUT2D eigenvalue weighted by atomic mass is 79.9. The number of rotatable bonds is 2.